The second-order valence-electron chi connectivity index (χ2n) is 4.71. The average Bonchev–Trinajstić information content (AvgIpc) is 2.84. The van der Waals surface area contributed by atoms with E-state index in [9.17, 15) is 4.79 Å². The van der Waals surface area contributed by atoms with Crippen LogP contribution in [-0.2, 0) is 4.79 Å². The highest BCUT2D eigenvalue weighted by molar-refractivity contribution is 6.30. The number of hydrogen-bond acceptors (Lipinski definition) is 4. The Kier molecular flexibility index (Phi) is 3.06. The fourth-order valence-corrected chi connectivity index (χ4v) is 2.73. The van der Waals surface area contributed by atoms with Crippen LogP contribution in [0, 0.1) is 0 Å². The van der Waals surface area contributed by atoms with E-state index in [4.69, 9.17) is 11.6 Å². The number of hydrogen-bond donors (Lipinski definition) is 1. The SMILES string of the molecule is CC(=O)C1=C(C)Nc2ncnn2[C@H]1c1cccc(Cl)c1. The zero-order valence-corrected chi connectivity index (χ0v) is 11.8. The number of fused-ring (bicyclic) bond motifs is 1. The maximum absolute atomic E-state index is 12.0. The summed E-state index contributed by atoms with van der Waals surface area (Å²) >= 11 is 6.07. The van der Waals surface area contributed by atoms with Crippen LogP contribution in [0.2, 0.25) is 5.02 Å². The molecule has 20 heavy (non-hydrogen) atoms. The first kappa shape index (κ1) is 12.9. The average molecular weight is 289 g/mol. The molecule has 6 heteroatoms. The molecule has 0 spiro atoms. The van der Waals surface area contributed by atoms with Crippen molar-refractivity contribution in [1.82, 2.24) is 14.8 Å². The zero-order chi connectivity index (χ0) is 14.3. The number of halogens is 1. The van der Waals surface area contributed by atoms with Gasteiger partial charge < -0.3 is 5.32 Å². The quantitative estimate of drug-likeness (QED) is 0.923. The lowest BCUT2D eigenvalue weighted by Gasteiger charge is -2.28. The topological polar surface area (TPSA) is 59.8 Å². The van der Waals surface area contributed by atoms with Gasteiger partial charge in [-0.05, 0) is 31.5 Å². The van der Waals surface area contributed by atoms with Crippen molar-refractivity contribution in [2.75, 3.05) is 5.32 Å². The number of nitrogens with zero attached hydrogens (tertiary/aromatic N) is 3. The number of carbonyl (C=O) groups excluding carboxylic acids is 1. The minimum absolute atomic E-state index is 0.00104. The van der Waals surface area contributed by atoms with E-state index in [1.54, 1.807) is 17.7 Å². The lowest BCUT2D eigenvalue weighted by molar-refractivity contribution is -0.114. The van der Waals surface area contributed by atoms with E-state index in [0.29, 0.717) is 16.5 Å². The van der Waals surface area contributed by atoms with Crippen LogP contribution in [0.1, 0.15) is 25.5 Å². The third kappa shape index (κ3) is 2.00. The van der Waals surface area contributed by atoms with Crippen LogP contribution in [0.5, 0.6) is 0 Å². The highest BCUT2D eigenvalue weighted by atomic mass is 35.5. The molecule has 1 aromatic heterocycles. The van der Waals surface area contributed by atoms with Crippen LogP contribution >= 0.6 is 11.6 Å². The molecule has 0 amide bonds. The van der Waals surface area contributed by atoms with Crippen LogP contribution in [0.3, 0.4) is 0 Å². The molecule has 3 rings (SSSR count). The molecular formula is C14H13ClN4O. The van der Waals surface area contributed by atoms with Crippen molar-refractivity contribution in [3.8, 4) is 0 Å². The number of carbonyl (C=O) groups is 1. The second-order valence-corrected chi connectivity index (χ2v) is 5.14. The Morgan fingerprint density at radius 2 is 2.25 bits per heavy atom. The monoisotopic (exact) mass is 288 g/mol. The molecule has 0 saturated carbocycles. The molecule has 2 aromatic rings. The molecule has 1 atom stereocenters. The summed E-state index contributed by atoms with van der Waals surface area (Å²) in [7, 11) is 0. The van der Waals surface area contributed by atoms with Gasteiger partial charge in [-0.15, -0.1) is 0 Å². The molecule has 1 aliphatic heterocycles. The van der Waals surface area contributed by atoms with Crippen LogP contribution in [0.15, 0.2) is 41.9 Å². The summed E-state index contributed by atoms with van der Waals surface area (Å²) in [5.74, 6) is 0.624. The number of Topliss-reactive ketones (excluding diaryl/α,β-unsaturated/α-hetero) is 1. The van der Waals surface area contributed by atoms with Crippen LogP contribution < -0.4 is 5.32 Å². The summed E-state index contributed by atoms with van der Waals surface area (Å²) in [4.78, 5) is 16.2. The van der Waals surface area contributed by atoms with Gasteiger partial charge >= 0.3 is 0 Å². The first-order chi connectivity index (χ1) is 9.58. The molecule has 0 aliphatic carbocycles. The minimum Gasteiger partial charge on any atom is -0.328 e. The van der Waals surface area contributed by atoms with Crippen molar-refractivity contribution in [1.29, 1.82) is 0 Å². The van der Waals surface area contributed by atoms with Crippen molar-refractivity contribution in [3.05, 3.63) is 52.4 Å². The second kappa shape index (κ2) is 4.76. The number of ketones is 1. The Labute approximate surface area is 121 Å². The largest absolute Gasteiger partial charge is 0.328 e. The Hall–Kier alpha value is -2.14. The summed E-state index contributed by atoms with van der Waals surface area (Å²) < 4.78 is 1.70. The molecular weight excluding hydrogens is 276 g/mol. The van der Waals surface area contributed by atoms with Crippen LogP contribution in [0.4, 0.5) is 5.95 Å². The number of nitrogens with one attached hydrogen (secondary N) is 1. The molecule has 0 saturated heterocycles. The summed E-state index contributed by atoms with van der Waals surface area (Å²) in [6.07, 6.45) is 1.47. The molecule has 0 fully saturated rings. The normalized spacial score (nSPS) is 17.6. The van der Waals surface area contributed by atoms with E-state index in [2.05, 4.69) is 15.4 Å². The highest BCUT2D eigenvalue weighted by Crippen LogP contribution is 2.35. The van der Waals surface area contributed by atoms with Gasteiger partial charge in [0.2, 0.25) is 5.95 Å². The third-order valence-electron chi connectivity index (χ3n) is 3.34. The van der Waals surface area contributed by atoms with E-state index in [0.717, 1.165) is 11.3 Å². The number of rotatable bonds is 2. The Bertz CT molecular complexity index is 719. The number of benzene rings is 1. The maximum atomic E-state index is 12.0. The third-order valence-corrected chi connectivity index (χ3v) is 3.57. The standard InChI is InChI=1S/C14H13ClN4O/c1-8-12(9(2)20)13(10-4-3-5-11(15)6-10)19-14(18-8)16-7-17-19/h3-7,13H,1-2H3,(H,16,17,18)/t13-/m0/s1. The number of aromatic nitrogens is 3. The van der Waals surface area contributed by atoms with Crippen molar-refractivity contribution < 1.29 is 4.79 Å². The van der Waals surface area contributed by atoms with Gasteiger partial charge in [0.1, 0.15) is 12.4 Å². The van der Waals surface area contributed by atoms with Gasteiger partial charge in [0, 0.05) is 16.3 Å². The molecule has 1 aliphatic rings. The van der Waals surface area contributed by atoms with Gasteiger partial charge in [-0.25, -0.2) is 4.68 Å². The predicted molar refractivity (Wildman–Crippen MR) is 76.6 cm³/mol. The smallest absolute Gasteiger partial charge is 0.226 e. The van der Waals surface area contributed by atoms with E-state index >= 15 is 0 Å². The number of anilines is 1. The molecule has 0 bridgehead atoms. The lowest BCUT2D eigenvalue weighted by atomic mass is 9.93. The van der Waals surface area contributed by atoms with Crippen LogP contribution in [-0.4, -0.2) is 20.5 Å². The van der Waals surface area contributed by atoms with Gasteiger partial charge in [0.05, 0.1) is 0 Å². The van der Waals surface area contributed by atoms with Crippen LogP contribution in [0.25, 0.3) is 0 Å². The molecule has 1 aromatic carbocycles. The van der Waals surface area contributed by atoms with Crippen molar-refractivity contribution in [3.63, 3.8) is 0 Å². The highest BCUT2D eigenvalue weighted by Gasteiger charge is 2.31. The van der Waals surface area contributed by atoms with Crippen molar-refractivity contribution in [2.45, 2.75) is 19.9 Å². The molecule has 0 radical (unpaired) electrons. The van der Waals surface area contributed by atoms with Crippen molar-refractivity contribution in [2.24, 2.45) is 0 Å². The van der Waals surface area contributed by atoms with Gasteiger partial charge in [-0.3, -0.25) is 4.79 Å². The summed E-state index contributed by atoms with van der Waals surface area (Å²) in [6, 6.07) is 7.15. The van der Waals surface area contributed by atoms with Gasteiger partial charge in [-0.2, -0.15) is 10.1 Å². The Balaban J connectivity index is 2.22. The first-order valence-electron chi connectivity index (χ1n) is 6.21. The van der Waals surface area contributed by atoms with E-state index in [-0.39, 0.29) is 11.8 Å². The molecule has 5 nitrogen and oxygen atoms in total. The Morgan fingerprint density at radius 1 is 1.45 bits per heavy atom. The summed E-state index contributed by atoms with van der Waals surface area (Å²) in [5, 5.41) is 7.95. The lowest BCUT2D eigenvalue weighted by Crippen LogP contribution is -2.27. The van der Waals surface area contributed by atoms with E-state index in [1.165, 1.54) is 6.33 Å². The molecule has 2 heterocycles. The van der Waals surface area contributed by atoms with Gasteiger partial charge in [0.25, 0.3) is 0 Å². The Morgan fingerprint density at radius 3 is 2.95 bits per heavy atom. The first-order valence-corrected chi connectivity index (χ1v) is 6.59. The number of allylic oxidation sites excluding steroid dienone is 2. The fraction of sp³-hybridized carbons (Fsp3) is 0.214. The fourth-order valence-electron chi connectivity index (χ4n) is 2.53. The van der Waals surface area contributed by atoms with Crippen molar-refractivity contribution >= 4 is 23.3 Å². The predicted octanol–water partition coefficient (Wildman–Crippen LogP) is 2.81. The minimum atomic E-state index is -0.301. The maximum Gasteiger partial charge on any atom is 0.226 e. The molecule has 0 unspecified atom stereocenters. The van der Waals surface area contributed by atoms with E-state index < -0.39 is 0 Å². The van der Waals surface area contributed by atoms with Gasteiger partial charge in [-0.1, -0.05) is 23.7 Å². The summed E-state index contributed by atoms with van der Waals surface area (Å²) in [5.41, 5.74) is 2.38. The van der Waals surface area contributed by atoms with Gasteiger partial charge in [0.15, 0.2) is 5.78 Å². The van der Waals surface area contributed by atoms with E-state index in [1.807, 2.05) is 25.1 Å². The summed E-state index contributed by atoms with van der Waals surface area (Å²) in [6.45, 7) is 3.42. The molecule has 1 N–H and O–H groups in total. The zero-order valence-electron chi connectivity index (χ0n) is 11.1. The molecule has 102 valence electrons.